The first-order chi connectivity index (χ1) is 12.8. The lowest BCUT2D eigenvalue weighted by molar-refractivity contribution is -0.119. The molecule has 10 heteroatoms. The highest BCUT2D eigenvalue weighted by Gasteiger charge is 2.27. The van der Waals surface area contributed by atoms with Gasteiger partial charge in [0.1, 0.15) is 5.76 Å². The lowest BCUT2D eigenvalue weighted by Crippen LogP contribution is -2.52. The molecule has 1 aliphatic carbocycles. The molecule has 1 aliphatic rings. The average Bonchev–Trinajstić information content (AvgIpc) is 3.02. The molecule has 4 N–H and O–H groups in total. The summed E-state index contributed by atoms with van der Waals surface area (Å²) in [6.45, 7) is 6.22. The third kappa shape index (κ3) is 7.37. The van der Waals surface area contributed by atoms with Gasteiger partial charge in [0.2, 0.25) is 11.8 Å². The number of carbonyl (C=O) groups is 2. The van der Waals surface area contributed by atoms with E-state index in [1.807, 2.05) is 0 Å². The van der Waals surface area contributed by atoms with E-state index in [-0.39, 0.29) is 23.3 Å². The van der Waals surface area contributed by atoms with Crippen molar-refractivity contribution < 1.29 is 14.1 Å². The van der Waals surface area contributed by atoms with Crippen molar-refractivity contribution in [1.29, 1.82) is 0 Å². The Morgan fingerprint density at radius 3 is 2.70 bits per heavy atom. The molecule has 0 unspecified atom stereocenters. The summed E-state index contributed by atoms with van der Waals surface area (Å²) in [5.74, 6) is 1.97. The van der Waals surface area contributed by atoms with E-state index >= 15 is 0 Å². The first-order valence-electron chi connectivity index (χ1n) is 9.01. The highest BCUT2D eigenvalue weighted by molar-refractivity contribution is 8.00. The summed E-state index contributed by atoms with van der Waals surface area (Å²) in [6.07, 6.45) is 3.51. The lowest BCUT2D eigenvalue weighted by Gasteiger charge is -2.35. The van der Waals surface area contributed by atoms with E-state index in [4.69, 9.17) is 16.7 Å². The van der Waals surface area contributed by atoms with Crippen molar-refractivity contribution in [3.63, 3.8) is 0 Å². The van der Waals surface area contributed by atoms with E-state index < -0.39 is 0 Å². The molecule has 0 spiro atoms. The van der Waals surface area contributed by atoms with Crippen LogP contribution in [-0.4, -0.2) is 39.6 Å². The number of amides is 2. The van der Waals surface area contributed by atoms with Crippen LogP contribution < -0.4 is 21.5 Å². The number of carbonyl (C=O) groups excluding carboxylic acids is 2. The molecule has 8 nitrogen and oxygen atoms in total. The monoisotopic (exact) mass is 413 g/mol. The Hall–Kier alpha value is -1.81. The fraction of sp³-hybridized carbons (Fsp3) is 0.647. The Bertz CT molecular complexity index is 667. The number of nitrogens with one attached hydrogen (secondary N) is 4. The number of aryl methyl sites for hydroxylation is 1. The number of rotatable bonds is 6. The third-order valence-electron chi connectivity index (χ3n) is 4.70. The number of anilines is 1. The Morgan fingerprint density at radius 2 is 2.00 bits per heavy atom. The minimum absolute atomic E-state index is 0.137. The van der Waals surface area contributed by atoms with Crippen molar-refractivity contribution in [3.8, 4) is 0 Å². The Labute approximate surface area is 168 Å². The normalized spacial score (nSPS) is 22.0. The van der Waals surface area contributed by atoms with Crippen LogP contribution in [0.4, 0.5) is 5.82 Å². The fourth-order valence-electron chi connectivity index (χ4n) is 2.99. The van der Waals surface area contributed by atoms with Crippen LogP contribution in [0.25, 0.3) is 0 Å². The van der Waals surface area contributed by atoms with Gasteiger partial charge in [0, 0.05) is 12.1 Å². The van der Waals surface area contributed by atoms with Crippen molar-refractivity contribution in [2.45, 2.75) is 46.1 Å². The van der Waals surface area contributed by atoms with Crippen LogP contribution >= 0.6 is 24.0 Å². The summed E-state index contributed by atoms with van der Waals surface area (Å²) in [5.41, 5.74) is 5.28. The second kappa shape index (κ2) is 10.5. The Morgan fingerprint density at radius 1 is 1.26 bits per heavy atom. The van der Waals surface area contributed by atoms with Crippen molar-refractivity contribution >= 4 is 46.7 Å². The molecule has 0 aromatic carbocycles. The van der Waals surface area contributed by atoms with Gasteiger partial charge in [0.15, 0.2) is 10.9 Å². The van der Waals surface area contributed by atoms with E-state index in [1.165, 1.54) is 24.6 Å². The third-order valence-corrected chi connectivity index (χ3v) is 5.85. The highest BCUT2D eigenvalue weighted by atomic mass is 32.2. The molecular weight excluding hydrogens is 386 g/mol. The van der Waals surface area contributed by atoms with Gasteiger partial charge in [-0.1, -0.05) is 31.8 Å². The van der Waals surface area contributed by atoms with E-state index in [9.17, 15) is 9.59 Å². The smallest absolute Gasteiger partial charge is 0.248 e. The van der Waals surface area contributed by atoms with Gasteiger partial charge in [-0.3, -0.25) is 20.4 Å². The molecule has 150 valence electrons. The minimum Gasteiger partial charge on any atom is -0.360 e. The van der Waals surface area contributed by atoms with Gasteiger partial charge in [-0.05, 0) is 37.4 Å². The largest absolute Gasteiger partial charge is 0.360 e. The van der Waals surface area contributed by atoms with Crippen LogP contribution in [0, 0.1) is 18.8 Å². The molecule has 1 aromatic rings. The number of hydrogen-bond donors (Lipinski definition) is 4. The van der Waals surface area contributed by atoms with Crippen LogP contribution in [0.15, 0.2) is 10.6 Å². The number of nitrogens with zero attached hydrogens (tertiary/aromatic N) is 1. The minimum atomic E-state index is -0.251. The molecule has 1 heterocycles. The molecule has 27 heavy (non-hydrogen) atoms. The molecule has 1 fully saturated rings. The highest BCUT2D eigenvalue weighted by Crippen LogP contribution is 2.29. The molecule has 0 aliphatic heterocycles. The van der Waals surface area contributed by atoms with E-state index in [2.05, 4.69) is 40.5 Å². The zero-order chi connectivity index (χ0) is 19.8. The number of aromatic nitrogens is 1. The summed E-state index contributed by atoms with van der Waals surface area (Å²) in [5, 5.41) is 9.97. The fourth-order valence-corrected chi connectivity index (χ4v) is 3.81. The predicted molar refractivity (Wildman–Crippen MR) is 110 cm³/mol. The summed E-state index contributed by atoms with van der Waals surface area (Å²) < 4.78 is 4.87. The van der Waals surface area contributed by atoms with Crippen molar-refractivity contribution in [2.75, 3.05) is 16.8 Å². The van der Waals surface area contributed by atoms with Crippen molar-refractivity contribution in [3.05, 3.63) is 11.8 Å². The van der Waals surface area contributed by atoms with Crippen molar-refractivity contribution in [2.24, 2.45) is 11.8 Å². The summed E-state index contributed by atoms with van der Waals surface area (Å²) >= 11 is 6.45. The van der Waals surface area contributed by atoms with Gasteiger partial charge in [0.25, 0.3) is 0 Å². The van der Waals surface area contributed by atoms with E-state index in [0.29, 0.717) is 34.6 Å². The van der Waals surface area contributed by atoms with Gasteiger partial charge in [-0.15, -0.1) is 11.8 Å². The van der Waals surface area contributed by atoms with E-state index in [0.717, 1.165) is 6.42 Å². The molecule has 2 amide bonds. The average molecular weight is 414 g/mol. The molecule has 0 radical (unpaired) electrons. The van der Waals surface area contributed by atoms with Crippen LogP contribution in [0.1, 0.15) is 38.9 Å². The SMILES string of the molecule is Cc1cc(NC(=O)CSCC(=O)NNC(=S)N[C@@H]2CCC[C@@H](C)[C@@H]2C)no1. The number of hydrogen-bond acceptors (Lipinski definition) is 6. The zero-order valence-corrected chi connectivity index (χ0v) is 17.5. The summed E-state index contributed by atoms with van der Waals surface area (Å²) in [7, 11) is 0. The molecule has 0 saturated heterocycles. The molecule has 2 rings (SSSR count). The maximum atomic E-state index is 11.9. The molecule has 1 aromatic heterocycles. The van der Waals surface area contributed by atoms with E-state index in [1.54, 1.807) is 13.0 Å². The molecular formula is C17H27N5O3S2. The second-order valence-corrected chi connectivity index (χ2v) is 8.28. The number of hydrazine groups is 1. The quantitative estimate of drug-likeness (QED) is 0.414. The lowest BCUT2D eigenvalue weighted by atomic mass is 9.78. The number of thiocarbonyl (C=S) groups is 1. The summed E-state index contributed by atoms with van der Waals surface area (Å²) in [4.78, 5) is 23.6. The van der Waals surface area contributed by atoms with Gasteiger partial charge in [0.05, 0.1) is 11.5 Å². The van der Waals surface area contributed by atoms with Crippen molar-refractivity contribution in [1.82, 2.24) is 21.3 Å². The zero-order valence-electron chi connectivity index (χ0n) is 15.8. The van der Waals surface area contributed by atoms with Crippen LogP contribution in [0.2, 0.25) is 0 Å². The molecule has 3 atom stereocenters. The van der Waals surface area contributed by atoms with Crippen LogP contribution in [0.3, 0.4) is 0 Å². The standard InChI is InChI=1S/C17H27N5O3S2/c1-10-5-4-6-13(12(10)3)18-17(26)21-20-16(24)9-27-8-15(23)19-14-7-11(2)25-22-14/h7,10,12-13H,4-6,8-9H2,1-3H3,(H,20,24)(H2,18,21,26)(H,19,22,23)/t10-,12+,13-/m1/s1. The Kier molecular flexibility index (Phi) is 8.36. The maximum Gasteiger partial charge on any atom is 0.248 e. The first kappa shape index (κ1) is 21.5. The molecule has 0 bridgehead atoms. The topological polar surface area (TPSA) is 108 Å². The van der Waals surface area contributed by atoms with Gasteiger partial charge in [-0.25, -0.2) is 0 Å². The first-order valence-corrected chi connectivity index (χ1v) is 10.6. The van der Waals surface area contributed by atoms with Gasteiger partial charge < -0.3 is 15.2 Å². The maximum absolute atomic E-state index is 11.9. The second-order valence-electron chi connectivity index (χ2n) is 6.88. The number of thioether (sulfide) groups is 1. The predicted octanol–water partition coefficient (Wildman–Crippen LogP) is 1.97. The summed E-state index contributed by atoms with van der Waals surface area (Å²) in [6, 6.07) is 1.95. The van der Waals surface area contributed by atoms with Crippen LogP contribution in [-0.2, 0) is 9.59 Å². The van der Waals surface area contributed by atoms with Gasteiger partial charge in [-0.2, -0.15) is 0 Å². The molecule has 1 saturated carbocycles. The Balaban J connectivity index is 1.58. The van der Waals surface area contributed by atoms with Crippen LogP contribution in [0.5, 0.6) is 0 Å². The van der Waals surface area contributed by atoms with Gasteiger partial charge >= 0.3 is 0 Å².